The number of anilines is 4. The Labute approximate surface area is 189 Å². The standard InChI is InChI=1S/C24H24F3N5O/c1-16-4-2-3-15-32(16)22(33)17-5-9-20(10-6-17)30-23-28-14-13-21(31-23)29-19-11-7-18(8-12-19)24(25,26)27/h5-14,16H,2-4,15H2,1H3,(H2,28,29,30,31). The lowest BCUT2D eigenvalue weighted by molar-refractivity contribution is -0.137. The molecule has 1 saturated heterocycles. The van der Waals surface area contributed by atoms with Gasteiger partial charge >= 0.3 is 6.18 Å². The van der Waals surface area contributed by atoms with Crippen molar-refractivity contribution >= 4 is 29.0 Å². The van der Waals surface area contributed by atoms with Crippen LogP contribution in [-0.4, -0.2) is 33.4 Å². The maximum absolute atomic E-state index is 12.8. The van der Waals surface area contributed by atoms with Crippen molar-refractivity contribution in [1.82, 2.24) is 14.9 Å². The molecule has 172 valence electrons. The molecule has 0 spiro atoms. The monoisotopic (exact) mass is 455 g/mol. The molecule has 0 radical (unpaired) electrons. The van der Waals surface area contributed by atoms with Crippen LogP contribution in [0, 0.1) is 0 Å². The van der Waals surface area contributed by atoms with Crippen molar-refractivity contribution in [1.29, 1.82) is 0 Å². The van der Waals surface area contributed by atoms with Crippen LogP contribution in [0.3, 0.4) is 0 Å². The first kappa shape index (κ1) is 22.6. The largest absolute Gasteiger partial charge is 0.416 e. The van der Waals surface area contributed by atoms with Gasteiger partial charge in [0.15, 0.2) is 0 Å². The lowest BCUT2D eigenvalue weighted by atomic mass is 10.0. The van der Waals surface area contributed by atoms with Gasteiger partial charge in [-0.05, 0) is 80.8 Å². The van der Waals surface area contributed by atoms with Crippen LogP contribution in [0.25, 0.3) is 0 Å². The van der Waals surface area contributed by atoms with Crippen LogP contribution in [0.1, 0.15) is 42.1 Å². The third-order valence-corrected chi connectivity index (χ3v) is 5.59. The van der Waals surface area contributed by atoms with E-state index in [-0.39, 0.29) is 11.9 Å². The van der Waals surface area contributed by atoms with Crippen LogP contribution in [0.5, 0.6) is 0 Å². The molecule has 1 unspecified atom stereocenters. The van der Waals surface area contributed by atoms with Crippen LogP contribution in [0.15, 0.2) is 60.8 Å². The van der Waals surface area contributed by atoms with Crippen molar-refractivity contribution in [3.8, 4) is 0 Å². The molecule has 6 nitrogen and oxygen atoms in total. The molecule has 0 saturated carbocycles. The highest BCUT2D eigenvalue weighted by atomic mass is 19.4. The second kappa shape index (κ2) is 9.48. The third kappa shape index (κ3) is 5.60. The summed E-state index contributed by atoms with van der Waals surface area (Å²) in [6.07, 6.45) is 0.373. The SMILES string of the molecule is CC1CCCCN1C(=O)c1ccc(Nc2nccc(Nc3ccc(C(F)(F)F)cc3)n2)cc1. The molecule has 3 aromatic rings. The van der Waals surface area contributed by atoms with Gasteiger partial charge in [0.1, 0.15) is 5.82 Å². The minimum atomic E-state index is -4.38. The molecule has 1 amide bonds. The normalized spacial score (nSPS) is 16.4. The highest BCUT2D eigenvalue weighted by molar-refractivity contribution is 5.94. The fourth-order valence-corrected chi connectivity index (χ4v) is 3.77. The number of halogens is 3. The molecule has 1 aliphatic heterocycles. The van der Waals surface area contributed by atoms with E-state index in [1.165, 1.54) is 18.3 Å². The first-order valence-corrected chi connectivity index (χ1v) is 10.7. The zero-order chi connectivity index (χ0) is 23.4. The Balaban J connectivity index is 1.40. The van der Waals surface area contributed by atoms with Gasteiger partial charge in [-0.2, -0.15) is 18.2 Å². The van der Waals surface area contributed by atoms with Crippen molar-refractivity contribution in [2.75, 3.05) is 17.2 Å². The maximum Gasteiger partial charge on any atom is 0.416 e. The number of carbonyl (C=O) groups is 1. The molecule has 1 aliphatic rings. The Bertz CT molecular complexity index is 1100. The fourth-order valence-electron chi connectivity index (χ4n) is 3.77. The second-order valence-electron chi connectivity index (χ2n) is 8.01. The molecular formula is C24H24F3N5O. The van der Waals surface area contributed by atoms with E-state index < -0.39 is 11.7 Å². The average Bonchev–Trinajstić information content (AvgIpc) is 2.79. The molecule has 2 aromatic carbocycles. The van der Waals surface area contributed by atoms with Crippen molar-refractivity contribution in [2.24, 2.45) is 0 Å². The van der Waals surface area contributed by atoms with Gasteiger partial charge in [0.05, 0.1) is 5.56 Å². The lowest BCUT2D eigenvalue weighted by Crippen LogP contribution is -2.41. The van der Waals surface area contributed by atoms with Gasteiger partial charge in [0.2, 0.25) is 5.95 Å². The first-order chi connectivity index (χ1) is 15.8. The van der Waals surface area contributed by atoms with Crippen molar-refractivity contribution in [3.63, 3.8) is 0 Å². The molecule has 33 heavy (non-hydrogen) atoms. The summed E-state index contributed by atoms with van der Waals surface area (Å²) < 4.78 is 38.2. The summed E-state index contributed by atoms with van der Waals surface area (Å²) in [4.78, 5) is 23.2. The fraction of sp³-hybridized carbons (Fsp3) is 0.292. The number of nitrogens with zero attached hydrogens (tertiary/aromatic N) is 3. The van der Waals surface area contributed by atoms with E-state index in [2.05, 4.69) is 27.5 Å². The first-order valence-electron chi connectivity index (χ1n) is 10.7. The minimum absolute atomic E-state index is 0.0349. The van der Waals surface area contributed by atoms with Gasteiger partial charge in [0.25, 0.3) is 5.91 Å². The molecular weight excluding hydrogens is 431 g/mol. The summed E-state index contributed by atoms with van der Waals surface area (Å²) in [6.45, 7) is 2.86. The third-order valence-electron chi connectivity index (χ3n) is 5.59. The Morgan fingerprint density at radius 1 is 0.970 bits per heavy atom. The number of alkyl halides is 3. The van der Waals surface area contributed by atoms with Crippen LogP contribution < -0.4 is 10.6 Å². The Kier molecular flexibility index (Phi) is 6.48. The van der Waals surface area contributed by atoms with E-state index in [1.807, 2.05) is 4.90 Å². The average molecular weight is 455 g/mol. The number of likely N-dealkylation sites (tertiary alicyclic amines) is 1. The number of rotatable bonds is 5. The summed E-state index contributed by atoms with van der Waals surface area (Å²) in [5.41, 5.74) is 1.11. The number of hydrogen-bond donors (Lipinski definition) is 2. The van der Waals surface area contributed by atoms with E-state index in [4.69, 9.17) is 0 Å². The maximum atomic E-state index is 12.8. The minimum Gasteiger partial charge on any atom is -0.340 e. The topological polar surface area (TPSA) is 70.2 Å². The van der Waals surface area contributed by atoms with Crippen molar-refractivity contribution < 1.29 is 18.0 Å². The number of benzene rings is 2. The zero-order valence-corrected chi connectivity index (χ0v) is 18.1. The smallest absolute Gasteiger partial charge is 0.340 e. The van der Waals surface area contributed by atoms with E-state index in [1.54, 1.807) is 30.3 Å². The van der Waals surface area contributed by atoms with Crippen LogP contribution in [0.4, 0.5) is 36.3 Å². The summed E-state index contributed by atoms with van der Waals surface area (Å²) in [7, 11) is 0. The number of piperidine rings is 1. The Hall–Kier alpha value is -3.62. The van der Waals surface area contributed by atoms with Gasteiger partial charge in [-0.3, -0.25) is 4.79 Å². The zero-order valence-electron chi connectivity index (χ0n) is 18.1. The van der Waals surface area contributed by atoms with Crippen LogP contribution in [-0.2, 0) is 6.18 Å². The van der Waals surface area contributed by atoms with E-state index >= 15 is 0 Å². The van der Waals surface area contributed by atoms with Crippen molar-refractivity contribution in [2.45, 2.75) is 38.4 Å². The molecule has 0 aliphatic carbocycles. The number of hydrogen-bond acceptors (Lipinski definition) is 5. The molecule has 9 heteroatoms. The van der Waals surface area contributed by atoms with Crippen LogP contribution >= 0.6 is 0 Å². The summed E-state index contributed by atoms with van der Waals surface area (Å²) in [5.74, 6) is 0.779. The quantitative estimate of drug-likeness (QED) is 0.494. The van der Waals surface area contributed by atoms with Crippen molar-refractivity contribution in [3.05, 3.63) is 71.9 Å². The highest BCUT2D eigenvalue weighted by Gasteiger charge is 2.30. The van der Waals surface area contributed by atoms with Gasteiger partial charge in [0, 0.05) is 35.7 Å². The predicted molar refractivity (Wildman–Crippen MR) is 121 cm³/mol. The molecule has 1 fully saturated rings. The van der Waals surface area contributed by atoms with E-state index in [0.29, 0.717) is 28.7 Å². The molecule has 0 bridgehead atoms. The molecule has 2 N–H and O–H groups in total. The number of carbonyl (C=O) groups excluding carboxylic acids is 1. The van der Waals surface area contributed by atoms with Gasteiger partial charge < -0.3 is 15.5 Å². The summed E-state index contributed by atoms with van der Waals surface area (Å²) in [5, 5.41) is 6.04. The molecule has 1 atom stereocenters. The Morgan fingerprint density at radius 3 is 2.30 bits per heavy atom. The van der Waals surface area contributed by atoms with Gasteiger partial charge in [-0.15, -0.1) is 0 Å². The highest BCUT2D eigenvalue weighted by Crippen LogP contribution is 2.30. The van der Waals surface area contributed by atoms with Crippen LogP contribution in [0.2, 0.25) is 0 Å². The summed E-state index contributed by atoms with van der Waals surface area (Å²) >= 11 is 0. The van der Waals surface area contributed by atoms with E-state index in [0.717, 1.165) is 37.9 Å². The number of aromatic nitrogens is 2. The van der Waals surface area contributed by atoms with Gasteiger partial charge in [-0.1, -0.05) is 0 Å². The summed E-state index contributed by atoms with van der Waals surface area (Å²) in [6, 6.07) is 13.7. The number of amides is 1. The Morgan fingerprint density at radius 2 is 1.64 bits per heavy atom. The molecule has 2 heterocycles. The second-order valence-corrected chi connectivity index (χ2v) is 8.01. The molecule has 1 aromatic heterocycles. The molecule has 4 rings (SSSR count). The van der Waals surface area contributed by atoms with Gasteiger partial charge in [-0.25, -0.2) is 4.98 Å². The number of nitrogens with one attached hydrogen (secondary N) is 2. The predicted octanol–water partition coefficient (Wildman–Crippen LogP) is 6.00. The van der Waals surface area contributed by atoms with E-state index in [9.17, 15) is 18.0 Å². The lowest BCUT2D eigenvalue weighted by Gasteiger charge is -2.33.